The van der Waals surface area contributed by atoms with E-state index in [1.807, 2.05) is 48.5 Å². The van der Waals surface area contributed by atoms with E-state index in [4.69, 9.17) is 17.0 Å². The van der Waals surface area contributed by atoms with Crippen molar-refractivity contribution in [3.8, 4) is 5.75 Å². The van der Waals surface area contributed by atoms with Crippen LogP contribution in [0.4, 0.5) is 10.1 Å². The van der Waals surface area contributed by atoms with Crippen molar-refractivity contribution in [2.45, 2.75) is 6.61 Å². The van der Waals surface area contributed by atoms with Crippen LogP contribution in [0.5, 0.6) is 5.75 Å². The smallest absolute Gasteiger partial charge is 0.281 e. The number of hydrogen-bond acceptors (Lipinski definition) is 3. The molecule has 0 radical (unpaired) electrons. The fourth-order valence-corrected chi connectivity index (χ4v) is 3.88. The summed E-state index contributed by atoms with van der Waals surface area (Å²) in [5.74, 6) is 0.105. The fraction of sp³-hybridized carbons (Fsp3) is 0.0833. The monoisotopic (exact) mass is 496 g/mol. The lowest BCUT2D eigenvalue weighted by Gasteiger charge is -2.16. The molecular weight excluding hydrogens is 479 g/mol. The molecule has 156 valence electrons. The Hall–Kier alpha value is -3.03. The Morgan fingerprint density at radius 2 is 1.77 bits per heavy atom. The number of carbonyl (C=O) groups is 1. The number of benzene rings is 3. The van der Waals surface area contributed by atoms with Gasteiger partial charge >= 0.3 is 0 Å². The Bertz CT molecular complexity index is 1170. The number of hydrogen-bond donors (Lipinski definition) is 0. The van der Waals surface area contributed by atoms with E-state index in [1.54, 1.807) is 30.2 Å². The molecule has 0 aliphatic carbocycles. The lowest BCUT2D eigenvalue weighted by molar-refractivity contribution is -0.114. The summed E-state index contributed by atoms with van der Waals surface area (Å²) in [6.07, 6.45) is 1.77. The molecule has 1 amide bonds. The average molecular weight is 497 g/mol. The zero-order valence-corrected chi connectivity index (χ0v) is 19.0. The van der Waals surface area contributed by atoms with Crippen LogP contribution in [0.3, 0.4) is 0 Å². The average Bonchev–Trinajstić information content (AvgIpc) is 2.98. The lowest BCUT2D eigenvalue weighted by atomic mass is 10.1. The van der Waals surface area contributed by atoms with E-state index in [-0.39, 0.29) is 18.3 Å². The second kappa shape index (κ2) is 8.99. The molecule has 3 aromatic carbocycles. The number of likely N-dealkylation sites (N-methyl/N-ethyl adjacent to an activating group) is 1. The van der Waals surface area contributed by atoms with Crippen molar-refractivity contribution in [3.05, 3.63) is 99.9 Å². The van der Waals surface area contributed by atoms with Crippen LogP contribution in [0, 0.1) is 5.82 Å². The highest BCUT2D eigenvalue weighted by atomic mass is 79.9. The number of nitrogens with zero attached hydrogens (tertiary/aromatic N) is 2. The first-order valence-corrected chi connectivity index (χ1v) is 10.7. The Morgan fingerprint density at radius 3 is 2.48 bits per heavy atom. The van der Waals surface area contributed by atoms with Crippen LogP contribution in [0.1, 0.15) is 11.1 Å². The van der Waals surface area contributed by atoms with Crippen LogP contribution < -0.4 is 9.64 Å². The molecule has 0 aromatic heterocycles. The van der Waals surface area contributed by atoms with Gasteiger partial charge in [-0.05, 0) is 66.3 Å². The summed E-state index contributed by atoms with van der Waals surface area (Å²) in [7, 11) is 1.77. The minimum absolute atomic E-state index is 0.205. The van der Waals surface area contributed by atoms with E-state index >= 15 is 0 Å². The van der Waals surface area contributed by atoms with E-state index < -0.39 is 0 Å². The molecule has 3 aromatic rings. The van der Waals surface area contributed by atoms with Gasteiger partial charge in [-0.1, -0.05) is 46.3 Å². The first kappa shape index (κ1) is 21.2. The van der Waals surface area contributed by atoms with Crippen molar-refractivity contribution < 1.29 is 13.9 Å². The molecule has 4 nitrogen and oxygen atoms in total. The number of amides is 1. The third-order valence-corrected chi connectivity index (χ3v) is 5.80. The largest absolute Gasteiger partial charge is 0.488 e. The van der Waals surface area contributed by atoms with E-state index in [2.05, 4.69) is 15.9 Å². The van der Waals surface area contributed by atoms with Gasteiger partial charge in [0, 0.05) is 17.1 Å². The molecule has 0 unspecified atom stereocenters. The van der Waals surface area contributed by atoms with Gasteiger partial charge in [0.2, 0.25) is 0 Å². The molecule has 0 saturated carbocycles. The van der Waals surface area contributed by atoms with Crippen molar-refractivity contribution in [1.82, 2.24) is 4.90 Å². The summed E-state index contributed by atoms with van der Waals surface area (Å²) >= 11 is 9.00. The van der Waals surface area contributed by atoms with Crippen LogP contribution in [-0.4, -0.2) is 23.0 Å². The van der Waals surface area contributed by atoms with Crippen molar-refractivity contribution in [3.63, 3.8) is 0 Å². The van der Waals surface area contributed by atoms with Crippen molar-refractivity contribution in [1.29, 1.82) is 0 Å². The molecular formula is C24H18BrFN2O2S. The van der Waals surface area contributed by atoms with Gasteiger partial charge in [0.15, 0.2) is 5.11 Å². The van der Waals surface area contributed by atoms with Crippen LogP contribution in [0.25, 0.3) is 6.08 Å². The van der Waals surface area contributed by atoms with Crippen molar-refractivity contribution in [2.75, 3.05) is 11.9 Å². The number of thiocarbonyl (C=S) groups is 1. The Labute approximate surface area is 193 Å². The molecule has 4 rings (SSSR count). The summed E-state index contributed by atoms with van der Waals surface area (Å²) in [4.78, 5) is 16.4. The quantitative estimate of drug-likeness (QED) is 0.331. The maximum atomic E-state index is 13.2. The highest BCUT2D eigenvalue weighted by Gasteiger charge is 2.36. The number of carbonyl (C=O) groups excluding carboxylic acids is 1. The van der Waals surface area contributed by atoms with Gasteiger partial charge in [0.05, 0.1) is 5.69 Å². The predicted molar refractivity (Wildman–Crippen MR) is 127 cm³/mol. The molecule has 1 saturated heterocycles. The molecule has 1 aliphatic rings. The van der Waals surface area contributed by atoms with Crippen LogP contribution in [0.15, 0.2) is 83.0 Å². The van der Waals surface area contributed by atoms with E-state index in [0.717, 1.165) is 21.3 Å². The molecule has 1 fully saturated rings. The van der Waals surface area contributed by atoms with Gasteiger partial charge in [-0.25, -0.2) is 4.39 Å². The summed E-state index contributed by atoms with van der Waals surface area (Å²) in [5.41, 5.74) is 2.73. The fourth-order valence-electron chi connectivity index (χ4n) is 3.21. The highest BCUT2D eigenvalue weighted by Crippen LogP contribution is 2.31. The first-order valence-electron chi connectivity index (χ1n) is 9.50. The molecule has 0 N–H and O–H groups in total. The second-order valence-corrected chi connectivity index (χ2v) is 8.23. The maximum Gasteiger partial charge on any atom is 0.281 e. The maximum absolute atomic E-state index is 13.2. The van der Waals surface area contributed by atoms with Gasteiger partial charge < -0.3 is 9.64 Å². The summed E-state index contributed by atoms with van der Waals surface area (Å²) < 4.78 is 20.0. The van der Waals surface area contributed by atoms with Gasteiger partial charge in [-0.2, -0.15) is 0 Å². The molecule has 1 heterocycles. The first-order chi connectivity index (χ1) is 14.9. The van der Waals surface area contributed by atoms with Gasteiger partial charge in [0.1, 0.15) is 23.9 Å². The molecule has 7 heteroatoms. The van der Waals surface area contributed by atoms with Crippen LogP contribution in [0.2, 0.25) is 0 Å². The van der Waals surface area contributed by atoms with Crippen LogP contribution >= 0.6 is 28.1 Å². The predicted octanol–water partition coefficient (Wildman–Crippen LogP) is 5.77. The molecule has 1 aliphatic heterocycles. The third-order valence-electron chi connectivity index (χ3n) is 4.85. The number of halogens is 2. The number of para-hydroxylation sites is 1. The highest BCUT2D eigenvalue weighted by molar-refractivity contribution is 9.10. The van der Waals surface area contributed by atoms with Gasteiger partial charge in [0.25, 0.3) is 5.91 Å². The summed E-state index contributed by atoms with van der Waals surface area (Å²) in [6, 6.07) is 21.0. The van der Waals surface area contributed by atoms with Gasteiger partial charge in [-0.3, -0.25) is 9.69 Å². The second-order valence-electron chi connectivity index (χ2n) is 6.94. The molecule has 0 bridgehead atoms. The van der Waals surface area contributed by atoms with Crippen molar-refractivity contribution >= 4 is 50.9 Å². The zero-order valence-electron chi connectivity index (χ0n) is 16.6. The molecule has 0 atom stereocenters. The van der Waals surface area contributed by atoms with Crippen LogP contribution in [-0.2, 0) is 11.4 Å². The minimum atomic E-state index is -0.292. The topological polar surface area (TPSA) is 32.8 Å². The third kappa shape index (κ3) is 4.52. The SMILES string of the molecule is CN1C(=S)N(c2ccccc2)C(=O)/C1=C/c1cc(Br)ccc1OCc1ccc(F)cc1. The van der Waals surface area contributed by atoms with E-state index in [9.17, 15) is 9.18 Å². The van der Waals surface area contributed by atoms with E-state index in [0.29, 0.717) is 16.6 Å². The number of anilines is 1. The summed E-state index contributed by atoms with van der Waals surface area (Å²) in [6.45, 7) is 0.274. The molecule has 31 heavy (non-hydrogen) atoms. The standard InChI is InChI=1S/C24H18BrFN2O2S/c1-27-21(23(29)28(24(27)31)20-5-3-2-4-6-20)14-17-13-18(25)9-12-22(17)30-15-16-7-10-19(26)11-8-16/h2-14H,15H2,1H3/b21-14-. The Kier molecular flexibility index (Phi) is 6.15. The summed E-state index contributed by atoms with van der Waals surface area (Å²) in [5, 5.41) is 0.409. The normalized spacial score (nSPS) is 15.1. The van der Waals surface area contributed by atoms with Gasteiger partial charge in [-0.15, -0.1) is 0 Å². The minimum Gasteiger partial charge on any atom is -0.488 e. The number of ether oxygens (including phenoxy) is 1. The zero-order chi connectivity index (χ0) is 22.0. The number of rotatable bonds is 5. The van der Waals surface area contributed by atoms with Crippen molar-refractivity contribution in [2.24, 2.45) is 0 Å². The molecule has 0 spiro atoms. The lowest BCUT2D eigenvalue weighted by Crippen LogP contribution is -2.30. The Morgan fingerprint density at radius 1 is 1.06 bits per heavy atom. The van der Waals surface area contributed by atoms with E-state index in [1.165, 1.54) is 17.0 Å². The Balaban J connectivity index is 1.64.